The van der Waals surface area contributed by atoms with Crippen LogP contribution in [-0.4, -0.2) is 29.3 Å². The summed E-state index contributed by atoms with van der Waals surface area (Å²) >= 11 is 0. The van der Waals surface area contributed by atoms with E-state index >= 15 is 0 Å². The smallest absolute Gasteiger partial charge is 0.243 e. The van der Waals surface area contributed by atoms with Crippen LogP contribution in [0, 0.1) is 5.82 Å². The van der Waals surface area contributed by atoms with Gasteiger partial charge in [-0.15, -0.1) is 0 Å². The molecule has 0 saturated carbocycles. The molecule has 1 aromatic heterocycles. The summed E-state index contributed by atoms with van der Waals surface area (Å²) in [4.78, 5) is 7.76. The van der Waals surface area contributed by atoms with Crippen LogP contribution >= 0.6 is 0 Å². The number of anilines is 1. The van der Waals surface area contributed by atoms with Crippen LogP contribution in [0.25, 0.3) is 0 Å². The minimum absolute atomic E-state index is 0.0230. The highest BCUT2D eigenvalue weighted by atomic mass is 32.2. The van der Waals surface area contributed by atoms with Gasteiger partial charge in [-0.25, -0.2) is 22.8 Å². The Balaban J connectivity index is 1.90. The molecule has 2 aromatic rings. The first kappa shape index (κ1) is 15.6. The van der Waals surface area contributed by atoms with Gasteiger partial charge in [0, 0.05) is 18.3 Å². The Morgan fingerprint density at radius 2 is 2.17 bits per heavy atom. The quantitative estimate of drug-likeness (QED) is 0.902. The average Bonchev–Trinajstić information content (AvgIpc) is 2.93. The molecular formula is C14H15FN4O3S. The molecular weight excluding hydrogens is 323 g/mol. The number of halogens is 1. The molecule has 0 spiro atoms. The molecule has 0 radical (unpaired) electrons. The number of hydrogen-bond acceptors (Lipinski definition) is 6. The van der Waals surface area contributed by atoms with E-state index in [2.05, 4.69) is 9.97 Å². The second-order valence-electron chi connectivity index (χ2n) is 5.00. The predicted octanol–water partition coefficient (Wildman–Crippen LogP) is 1.30. The molecule has 2 heterocycles. The molecule has 1 aromatic carbocycles. The number of hydrogen-bond donors (Lipinski definition) is 1. The van der Waals surface area contributed by atoms with Crippen LogP contribution in [0.5, 0.6) is 5.75 Å². The summed E-state index contributed by atoms with van der Waals surface area (Å²) in [6.45, 7) is 2.23. The number of rotatable bonds is 4. The maximum Gasteiger partial charge on any atom is 0.243 e. The van der Waals surface area contributed by atoms with Gasteiger partial charge < -0.3 is 10.5 Å². The number of fused-ring (bicyclic) bond motifs is 1. The van der Waals surface area contributed by atoms with Crippen LogP contribution in [0.2, 0.25) is 0 Å². The van der Waals surface area contributed by atoms with Gasteiger partial charge in [0.2, 0.25) is 16.0 Å². The van der Waals surface area contributed by atoms with Gasteiger partial charge in [0.25, 0.3) is 0 Å². The zero-order valence-corrected chi connectivity index (χ0v) is 13.2. The largest absolute Gasteiger partial charge is 0.491 e. The highest BCUT2D eigenvalue weighted by Gasteiger charge is 2.32. The van der Waals surface area contributed by atoms with E-state index in [9.17, 15) is 12.8 Å². The molecule has 0 bridgehead atoms. The minimum Gasteiger partial charge on any atom is -0.491 e. The number of benzene rings is 1. The standard InChI is InChI=1S/C14H15FN4O3S/c1-2-22-13-4-3-10(5-11(13)15)23(20,21)19-7-9-6-17-14(16)18-12(9)8-19/h3-6H,2,7-8H2,1H3,(H2,16,17,18). The number of nitrogens with two attached hydrogens (primary N) is 1. The van der Waals surface area contributed by atoms with Gasteiger partial charge >= 0.3 is 0 Å². The fourth-order valence-electron chi connectivity index (χ4n) is 2.37. The van der Waals surface area contributed by atoms with Crippen LogP contribution in [0.3, 0.4) is 0 Å². The van der Waals surface area contributed by atoms with Crippen molar-refractivity contribution in [2.45, 2.75) is 24.9 Å². The number of nitrogens with zero attached hydrogens (tertiary/aromatic N) is 3. The third-order valence-corrected chi connectivity index (χ3v) is 5.27. The number of nitrogen functional groups attached to an aromatic ring is 1. The Bertz CT molecular complexity index is 857. The topological polar surface area (TPSA) is 98.4 Å². The molecule has 0 fully saturated rings. The molecule has 0 atom stereocenters. The van der Waals surface area contributed by atoms with Crippen molar-refractivity contribution >= 4 is 16.0 Å². The lowest BCUT2D eigenvalue weighted by atomic mass is 10.3. The highest BCUT2D eigenvalue weighted by molar-refractivity contribution is 7.89. The van der Waals surface area contributed by atoms with Crippen LogP contribution < -0.4 is 10.5 Å². The van der Waals surface area contributed by atoms with Crippen LogP contribution in [-0.2, 0) is 23.1 Å². The summed E-state index contributed by atoms with van der Waals surface area (Å²) in [7, 11) is -3.84. The Morgan fingerprint density at radius 3 is 2.87 bits per heavy atom. The predicted molar refractivity (Wildman–Crippen MR) is 80.4 cm³/mol. The molecule has 0 aliphatic carbocycles. The summed E-state index contributed by atoms with van der Waals surface area (Å²) in [5, 5.41) is 0. The lowest BCUT2D eigenvalue weighted by Gasteiger charge is -2.16. The molecule has 1 aliphatic heterocycles. The molecule has 9 heteroatoms. The summed E-state index contributed by atoms with van der Waals surface area (Å²) < 4.78 is 45.5. The highest BCUT2D eigenvalue weighted by Crippen LogP contribution is 2.29. The maximum atomic E-state index is 13.9. The molecule has 7 nitrogen and oxygen atoms in total. The number of aromatic nitrogens is 2. The molecule has 3 rings (SSSR count). The van der Waals surface area contributed by atoms with Gasteiger partial charge in [0.1, 0.15) is 0 Å². The van der Waals surface area contributed by atoms with Crippen molar-refractivity contribution in [1.82, 2.24) is 14.3 Å². The Kier molecular flexibility index (Phi) is 3.90. The van der Waals surface area contributed by atoms with E-state index in [1.165, 1.54) is 22.6 Å². The van der Waals surface area contributed by atoms with Gasteiger partial charge in [-0.05, 0) is 25.1 Å². The first-order chi connectivity index (χ1) is 10.9. The molecule has 0 saturated heterocycles. The second-order valence-corrected chi connectivity index (χ2v) is 6.94. The van der Waals surface area contributed by atoms with Crippen LogP contribution in [0.1, 0.15) is 18.2 Å². The van der Waals surface area contributed by atoms with E-state index in [0.717, 1.165) is 6.07 Å². The normalized spacial score (nSPS) is 14.7. The lowest BCUT2D eigenvalue weighted by Crippen LogP contribution is -2.25. The van der Waals surface area contributed by atoms with Crippen molar-refractivity contribution in [3.63, 3.8) is 0 Å². The van der Waals surface area contributed by atoms with E-state index in [-0.39, 0.29) is 29.7 Å². The lowest BCUT2D eigenvalue weighted by molar-refractivity contribution is 0.321. The molecule has 23 heavy (non-hydrogen) atoms. The average molecular weight is 338 g/mol. The van der Waals surface area contributed by atoms with Crippen LogP contribution in [0.4, 0.5) is 10.3 Å². The van der Waals surface area contributed by atoms with E-state index in [0.29, 0.717) is 17.9 Å². The van der Waals surface area contributed by atoms with E-state index in [4.69, 9.17) is 10.5 Å². The zero-order valence-electron chi connectivity index (χ0n) is 12.4. The minimum atomic E-state index is -3.84. The third kappa shape index (κ3) is 2.84. The molecule has 2 N–H and O–H groups in total. The fraction of sp³-hybridized carbons (Fsp3) is 0.286. The van der Waals surface area contributed by atoms with Gasteiger partial charge in [-0.2, -0.15) is 4.31 Å². The van der Waals surface area contributed by atoms with Gasteiger partial charge in [-0.1, -0.05) is 0 Å². The first-order valence-electron chi connectivity index (χ1n) is 6.94. The second kappa shape index (κ2) is 5.74. The van der Waals surface area contributed by atoms with Crippen LogP contribution in [0.15, 0.2) is 29.3 Å². The van der Waals surface area contributed by atoms with E-state index in [1.807, 2.05) is 0 Å². The third-order valence-electron chi connectivity index (χ3n) is 3.49. The van der Waals surface area contributed by atoms with Crippen molar-refractivity contribution in [3.05, 3.63) is 41.5 Å². The van der Waals surface area contributed by atoms with Crippen molar-refractivity contribution in [2.75, 3.05) is 12.3 Å². The summed E-state index contributed by atoms with van der Waals surface area (Å²) in [5.74, 6) is -0.599. The van der Waals surface area contributed by atoms with E-state index < -0.39 is 15.8 Å². The van der Waals surface area contributed by atoms with E-state index in [1.54, 1.807) is 6.92 Å². The number of sulfonamides is 1. The Labute approximate surface area is 133 Å². The maximum absolute atomic E-state index is 13.9. The van der Waals surface area contributed by atoms with Crippen molar-refractivity contribution in [3.8, 4) is 5.75 Å². The fourth-order valence-corrected chi connectivity index (χ4v) is 3.76. The monoisotopic (exact) mass is 338 g/mol. The van der Waals surface area contributed by atoms with Crippen molar-refractivity contribution in [1.29, 1.82) is 0 Å². The summed E-state index contributed by atoms with van der Waals surface area (Å²) in [6.07, 6.45) is 1.51. The molecule has 122 valence electrons. The van der Waals surface area contributed by atoms with Gasteiger partial charge in [0.05, 0.1) is 23.7 Å². The first-order valence-corrected chi connectivity index (χ1v) is 8.38. The van der Waals surface area contributed by atoms with Crippen molar-refractivity contribution in [2.24, 2.45) is 0 Å². The molecule has 0 amide bonds. The molecule has 0 unspecified atom stereocenters. The van der Waals surface area contributed by atoms with Crippen molar-refractivity contribution < 1.29 is 17.5 Å². The van der Waals surface area contributed by atoms with Gasteiger partial charge in [-0.3, -0.25) is 0 Å². The number of ether oxygens (including phenoxy) is 1. The molecule has 1 aliphatic rings. The summed E-state index contributed by atoms with van der Waals surface area (Å²) in [5.41, 5.74) is 6.76. The zero-order chi connectivity index (χ0) is 16.6. The Morgan fingerprint density at radius 1 is 1.39 bits per heavy atom. The Hall–Kier alpha value is -2.26. The summed E-state index contributed by atoms with van der Waals surface area (Å²) in [6, 6.07) is 3.60. The van der Waals surface area contributed by atoms with Gasteiger partial charge in [0.15, 0.2) is 11.6 Å². The SMILES string of the molecule is CCOc1ccc(S(=O)(=O)N2Cc3cnc(N)nc3C2)cc1F.